The molecule has 1 aromatic heterocycles. The fourth-order valence-corrected chi connectivity index (χ4v) is 3.94. The zero-order valence-electron chi connectivity index (χ0n) is 12.4. The number of nitrogens with one attached hydrogen (secondary N) is 1. The highest BCUT2D eigenvalue weighted by atomic mass is 16.2. The molecule has 1 saturated heterocycles. The van der Waals surface area contributed by atoms with Crippen LogP contribution in [0.2, 0.25) is 0 Å². The molecular weight excluding hydrogens is 262 g/mol. The van der Waals surface area contributed by atoms with Crippen molar-refractivity contribution in [2.75, 3.05) is 18.4 Å². The first-order valence-electron chi connectivity index (χ1n) is 7.82. The van der Waals surface area contributed by atoms with Crippen LogP contribution >= 0.6 is 0 Å². The van der Waals surface area contributed by atoms with Crippen molar-refractivity contribution in [3.8, 4) is 0 Å². The van der Waals surface area contributed by atoms with Crippen molar-refractivity contribution in [1.82, 2.24) is 9.47 Å². The highest BCUT2D eigenvalue weighted by molar-refractivity contribution is 5.93. The monoisotopic (exact) mass is 283 g/mol. The van der Waals surface area contributed by atoms with Crippen molar-refractivity contribution in [2.24, 2.45) is 18.9 Å². The molecular formula is C17H21N3O. The highest BCUT2D eigenvalue weighted by Gasteiger charge is 2.37. The van der Waals surface area contributed by atoms with E-state index in [0.29, 0.717) is 0 Å². The summed E-state index contributed by atoms with van der Waals surface area (Å²) >= 11 is 0. The van der Waals surface area contributed by atoms with Gasteiger partial charge in [-0.3, -0.25) is 0 Å². The number of anilines is 1. The smallest absolute Gasteiger partial charge is 0.321 e. The molecule has 2 aromatic rings. The summed E-state index contributed by atoms with van der Waals surface area (Å²) in [6.07, 6.45) is 5.97. The quantitative estimate of drug-likeness (QED) is 0.855. The molecule has 2 fully saturated rings. The lowest BCUT2D eigenvalue weighted by atomic mass is 10.0. The first kappa shape index (κ1) is 12.7. The van der Waals surface area contributed by atoms with Crippen LogP contribution < -0.4 is 5.32 Å². The molecule has 1 aliphatic heterocycles. The predicted octanol–water partition coefficient (Wildman–Crippen LogP) is 3.44. The summed E-state index contributed by atoms with van der Waals surface area (Å²) in [7, 11) is 2.02. The molecule has 4 rings (SSSR count). The Morgan fingerprint density at radius 1 is 1.19 bits per heavy atom. The van der Waals surface area contributed by atoms with E-state index in [-0.39, 0.29) is 6.03 Å². The predicted molar refractivity (Wildman–Crippen MR) is 84.3 cm³/mol. The highest BCUT2D eigenvalue weighted by Crippen LogP contribution is 2.37. The van der Waals surface area contributed by atoms with E-state index >= 15 is 0 Å². The van der Waals surface area contributed by atoms with Gasteiger partial charge in [0.1, 0.15) is 0 Å². The number of carbonyl (C=O) groups excluding carboxylic acids is 1. The molecule has 4 nitrogen and oxygen atoms in total. The number of nitrogens with zero attached hydrogens (tertiary/aromatic N) is 2. The van der Waals surface area contributed by atoms with Gasteiger partial charge in [0, 0.05) is 37.5 Å². The Kier molecular flexibility index (Phi) is 2.91. The van der Waals surface area contributed by atoms with Crippen LogP contribution in [0.15, 0.2) is 30.5 Å². The van der Waals surface area contributed by atoms with Gasteiger partial charge in [0.05, 0.1) is 0 Å². The minimum Gasteiger partial charge on any atom is -0.350 e. The maximum atomic E-state index is 12.4. The fourth-order valence-electron chi connectivity index (χ4n) is 3.94. The van der Waals surface area contributed by atoms with E-state index in [2.05, 4.69) is 22.0 Å². The zero-order valence-corrected chi connectivity index (χ0v) is 12.4. The van der Waals surface area contributed by atoms with Gasteiger partial charge in [0.2, 0.25) is 0 Å². The number of aryl methyl sites for hydroxylation is 1. The third kappa shape index (κ3) is 2.19. The van der Waals surface area contributed by atoms with E-state index in [1.807, 2.05) is 30.3 Å². The molecule has 4 heteroatoms. The summed E-state index contributed by atoms with van der Waals surface area (Å²) in [6, 6.07) is 8.23. The van der Waals surface area contributed by atoms with E-state index < -0.39 is 0 Å². The number of hydrogen-bond donors (Lipinski definition) is 1. The van der Waals surface area contributed by atoms with Crippen LogP contribution in [0.4, 0.5) is 10.5 Å². The SMILES string of the molecule is Cn1ccc2ccc(NC(=O)N3CC4CCCC4C3)cc21. The largest absolute Gasteiger partial charge is 0.350 e. The van der Waals surface area contributed by atoms with Crippen LogP contribution in [-0.4, -0.2) is 28.6 Å². The standard InChI is InChI=1S/C17H21N3O/c1-19-8-7-12-5-6-15(9-16(12)19)18-17(21)20-10-13-3-2-4-14(13)11-20/h5-9,13-14H,2-4,10-11H2,1H3,(H,18,21). The third-order valence-electron chi connectivity index (χ3n) is 5.15. The second kappa shape index (κ2) is 4.79. The van der Waals surface area contributed by atoms with Crippen molar-refractivity contribution in [2.45, 2.75) is 19.3 Å². The van der Waals surface area contributed by atoms with E-state index in [9.17, 15) is 4.79 Å². The van der Waals surface area contributed by atoms with Crippen LogP contribution in [0, 0.1) is 11.8 Å². The number of fused-ring (bicyclic) bond motifs is 2. The second-order valence-corrected chi connectivity index (χ2v) is 6.49. The molecule has 1 saturated carbocycles. The number of benzene rings is 1. The van der Waals surface area contributed by atoms with Gasteiger partial charge in [0.15, 0.2) is 0 Å². The van der Waals surface area contributed by atoms with Crippen molar-refractivity contribution in [3.63, 3.8) is 0 Å². The minimum atomic E-state index is 0.0537. The van der Waals surface area contributed by atoms with Crippen LogP contribution in [0.1, 0.15) is 19.3 Å². The maximum Gasteiger partial charge on any atom is 0.321 e. The zero-order chi connectivity index (χ0) is 14.4. The summed E-state index contributed by atoms with van der Waals surface area (Å²) in [5, 5.41) is 4.26. The summed E-state index contributed by atoms with van der Waals surface area (Å²) in [5.74, 6) is 1.48. The first-order valence-corrected chi connectivity index (χ1v) is 7.82. The minimum absolute atomic E-state index is 0.0537. The Morgan fingerprint density at radius 2 is 1.95 bits per heavy atom. The van der Waals surface area contributed by atoms with Crippen molar-refractivity contribution >= 4 is 22.6 Å². The van der Waals surface area contributed by atoms with Crippen LogP contribution in [-0.2, 0) is 7.05 Å². The van der Waals surface area contributed by atoms with Gasteiger partial charge in [0.25, 0.3) is 0 Å². The lowest BCUT2D eigenvalue weighted by Gasteiger charge is -2.18. The van der Waals surface area contributed by atoms with E-state index in [1.54, 1.807) is 0 Å². The summed E-state index contributed by atoms with van der Waals surface area (Å²) in [4.78, 5) is 14.4. The fraction of sp³-hybridized carbons (Fsp3) is 0.471. The van der Waals surface area contributed by atoms with Crippen molar-refractivity contribution < 1.29 is 4.79 Å². The third-order valence-corrected chi connectivity index (χ3v) is 5.15. The summed E-state index contributed by atoms with van der Waals surface area (Å²) in [5.41, 5.74) is 2.03. The van der Waals surface area contributed by atoms with Gasteiger partial charge in [-0.25, -0.2) is 4.79 Å². The summed E-state index contributed by atoms with van der Waals surface area (Å²) in [6.45, 7) is 1.87. The molecule has 1 aromatic carbocycles. The number of rotatable bonds is 1. The van der Waals surface area contributed by atoms with Gasteiger partial charge in [-0.05, 0) is 48.3 Å². The molecule has 2 aliphatic rings. The second-order valence-electron chi connectivity index (χ2n) is 6.49. The van der Waals surface area contributed by atoms with Gasteiger partial charge in [-0.15, -0.1) is 0 Å². The molecule has 2 amide bonds. The number of likely N-dealkylation sites (tertiary alicyclic amines) is 1. The molecule has 21 heavy (non-hydrogen) atoms. The number of hydrogen-bond acceptors (Lipinski definition) is 1. The molecule has 1 N–H and O–H groups in total. The topological polar surface area (TPSA) is 37.3 Å². The van der Waals surface area contributed by atoms with Crippen LogP contribution in [0.25, 0.3) is 10.9 Å². The molecule has 0 bridgehead atoms. The van der Waals surface area contributed by atoms with Crippen molar-refractivity contribution in [1.29, 1.82) is 0 Å². The van der Waals surface area contributed by atoms with Gasteiger partial charge in [-0.2, -0.15) is 0 Å². The lowest BCUT2D eigenvalue weighted by Crippen LogP contribution is -2.33. The lowest BCUT2D eigenvalue weighted by molar-refractivity contribution is 0.219. The van der Waals surface area contributed by atoms with Gasteiger partial charge in [-0.1, -0.05) is 12.5 Å². The van der Waals surface area contributed by atoms with Crippen molar-refractivity contribution in [3.05, 3.63) is 30.5 Å². The Labute approximate surface area is 124 Å². The maximum absolute atomic E-state index is 12.4. The Bertz CT molecular complexity index is 678. The Balaban J connectivity index is 1.49. The normalized spacial score (nSPS) is 24.5. The molecule has 2 unspecified atom stereocenters. The average molecular weight is 283 g/mol. The first-order chi connectivity index (χ1) is 10.2. The Morgan fingerprint density at radius 3 is 2.71 bits per heavy atom. The molecule has 2 heterocycles. The number of urea groups is 1. The van der Waals surface area contributed by atoms with Crippen LogP contribution in [0.5, 0.6) is 0 Å². The van der Waals surface area contributed by atoms with Crippen LogP contribution in [0.3, 0.4) is 0 Å². The number of amides is 2. The van der Waals surface area contributed by atoms with E-state index in [1.165, 1.54) is 24.6 Å². The van der Waals surface area contributed by atoms with Gasteiger partial charge < -0.3 is 14.8 Å². The molecule has 110 valence electrons. The summed E-state index contributed by atoms with van der Waals surface area (Å²) < 4.78 is 2.07. The van der Waals surface area contributed by atoms with E-state index in [0.717, 1.165) is 36.1 Å². The average Bonchev–Trinajstić information content (AvgIpc) is 3.14. The van der Waals surface area contributed by atoms with Gasteiger partial charge >= 0.3 is 6.03 Å². The number of aromatic nitrogens is 1. The molecule has 1 aliphatic carbocycles. The number of carbonyl (C=O) groups is 1. The molecule has 2 atom stereocenters. The van der Waals surface area contributed by atoms with E-state index in [4.69, 9.17) is 0 Å². The Hall–Kier alpha value is -1.97. The molecule has 0 radical (unpaired) electrons. The molecule has 0 spiro atoms.